The van der Waals surface area contributed by atoms with Crippen LogP contribution in [0.15, 0.2) is 47.7 Å². The van der Waals surface area contributed by atoms with Gasteiger partial charge in [0, 0.05) is 37.4 Å². The Morgan fingerprint density at radius 1 is 1.17 bits per heavy atom. The summed E-state index contributed by atoms with van der Waals surface area (Å²) in [6.07, 6.45) is 9.00. The third-order valence-electron chi connectivity index (χ3n) is 6.14. The molecule has 7 heteroatoms. The van der Waals surface area contributed by atoms with Gasteiger partial charge < -0.3 is 10.6 Å². The van der Waals surface area contributed by atoms with Crippen LogP contribution in [0.2, 0.25) is 0 Å². The number of aliphatic imine (C=N–C) groups is 1. The summed E-state index contributed by atoms with van der Waals surface area (Å²) in [7, 11) is 0. The van der Waals surface area contributed by atoms with Gasteiger partial charge in [0.2, 0.25) is 0 Å². The van der Waals surface area contributed by atoms with E-state index in [0.29, 0.717) is 18.1 Å². The molecule has 2 aliphatic rings. The van der Waals surface area contributed by atoms with Crippen molar-refractivity contribution in [1.82, 2.24) is 25.3 Å². The van der Waals surface area contributed by atoms with Gasteiger partial charge in [0.05, 0.1) is 19.3 Å². The maximum absolute atomic E-state index is 4.79. The number of aromatic nitrogens is 2. The van der Waals surface area contributed by atoms with Crippen LogP contribution in [0.5, 0.6) is 0 Å². The Morgan fingerprint density at radius 2 is 1.90 bits per heavy atom. The second-order valence-electron chi connectivity index (χ2n) is 8.40. The zero-order chi connectivity index (χ0) is 20.1. The molecule has 0 saturated carbocycles. The molecule has 2 aromatic rings. The van der Waals surface area contributed by atoms with Crippen molar-refractivity contribution in [3.05, 3.63) is 53.9 Å². The Hall–Kier alpha value is -1.61. The van der Waals surface area contributed by atoms with Crippen molar-refractivity contribution in [2.75, 3.05) is 13.1 Å². The molecule has 2 saturated heterocycles. The summed E-state index contributed by atoms with van der Waals surface area (Å²) in [5.74, 6) is 0.942. The van der Waals surface area contributed by atoms with Crippen molar-refractivity contribution >= 4 is 29.9 Å². The number of nitrogens with zero attached hydrogens (tertiary/aromatic N) is 4. The van der Waals surface area contributed by atoms with Crippen molar-refractivity contribution in [3.63, 3.8) is 0 Å². The molecule has 0 aliphatic carbocycles. The zero-order valence-electron chi connectivity index (χ0n) is 18.1. The number of piperidine rings is 1. The Balaban J connectivity index is 0.00000256. The normalized spacial score (nSPS) is 23.8. The average molecular weight is 522 g/mol. The monoisotopic (exact) mass is 522 g/mol. The molecule has 2 N–H and O–H groups in total. The first-order chi connectivity index (χ1) is 14.2. The third-order valence-corrected chi connectivity index (χ3v) is 6.14. The molecule has 6 nitrogen and oxygen atoms in total. The van der Waals surface area contributed by atoms with E-state index in [1.54, 1.807) is 0 Å². The largest absolute Gasteiger partial charge is 0.357 e. The number of rotatable bonds is 7. The molecule has 164 valence electrons. The number of hydrogen-bond donors (Lipinski definition) is 2. The minimum absolute atomic E-state index is 0. The van der Waals surface area contributed by atoms with E-state index < -0.39 is 0 Å². The van der Waals surface area contributed by atoms with Crippen molar-refractivity contribution in [1.29, 1.82) is 0 Å². The Labute approximate surface area is 197 Å². The summed E-state index contributed by atoms with van der Waals surface area (Å²) in [4.78, 5) is 7.52. The molecule has 2 fully saturated rings. The van der Waals surface area contributed by atoms with E-state index in [1.165, 1.54) is 36.8 Å². The molecule has 1 aromatic carbocycles. The van der Waals surface area contributed by atoms with Crippen LogP contribution in [-0.2, 0) is 13.1 Å². The first-order valence-corrected chi connectivity index (χ1v) is 11.0. The van der Waals surface area contributed by atoms with Crippen LogP contribution >= 0.6 is 24.0 Å². The van der Waals surface area contributed by atoms with Crippen LogP contribution in [-0.4, -0.2) is 51.9 Å². The van der Waals surface area contributed by atoms with Gasteiger partial charge >= 0.3 is 0 Å². The molecule has 4 rings (SSSR count). The highest BCUT2D eigenvalue weighted by molar-refractivity contribution is 14.0. The first-order valence-electron chi connectivity index (χ1n) is 11.0. The fraction of sp³-hybridized carbons (Fsp3) is 0.565. The minimum Gasteiger partial charge on any atom is -0.357 e. The lowest BCUT2D eigenvalue weighted by atomic mass is 9.96. The summed E-state index contributed by atoms with van der Waals surface area (Å²) in [6, 6.07) is 12.8. The van der Waals surface area contributed by atoms with Crippen molar-refractivity contribution in [2.45, 2.75) is 70.7 Å². The molecule has 2 bridgehead atoms. The summed E-state index contributed by atoms with van der Waals surface area (Å²) >= 11 is 0. The first kappa shape index (κ1) is 23.1. The summed E-state index contributed by atoms with van der Waals surface area (Å²) < 4.78 is 1.96. The van der Waals surface area contributed by atoms with Gasteiger partial charge in [0.25, 0.3) is 0 Å². The summed E-state index contributed by atoms with van der Waals surface area (Å²) in [6.45, 7) is 7.70. The smallest absolute Gasteiger partial charge is 0.191 e. The number of nitrogens with one attached hydrogen (secondary N) is 2. The van der Waals surface area contributed by atoms with Gasteiger partial charge in [0.1, 0.15) is 0 Å². The van der Waals surface area contributed by atoms with Gasteiger partial charge in [0.15, 0.2) is 5.96 Å². The Kier molecular flexibility index (Phi) is 8.56. The van der Waals surface area contributed by atoms with E-state index in [4.69, 9.17) is 4.99 Å². The molecular weight excluding hydrogens is 487 g/mol. The van der Waals surface area contributed by atoms with Crippen LogP contribution < -0.4 is 10.6 Å². The van der Waals surface area contributed by atoms with E-state index in [2.05, 4.69) is 71.0 Å². The molecule has 0 amide bonds. The van der Waals surface area contributed by atoms with E-state index in [9.17, 15) is 0 Å². The van der Waals surface area contributed by atoms with Crippen molar-refractivity contribution in [3.8, 4) is 0 Å². The van der Waals surface area contributed by atoms with Crippen LogP contribution in [0.1, 0.15) is 43.7 Å². The lowest BCUT2D eigenvalue weighted by Gasteiger charge is -2.39. The second-order valence-corrected chi connectivity index (χ2v) is 8.40. The number of guanidine groups is 1. The Bertz CT molecular complexity index is 791. The van der Waals surface area contributed by atoms with Crippen LogP contribution in [0.25, 0.3) is 0 Å². The average Bonchev–Trinajstić information content (AvgIpc) is 3.22. The molecule has 0 radical (unpaired) electrons. The number of aryl methyl sites for hydroxylation is 1. The SMILES string of the molecule is CCNC(=NCCn1cc(C)cn1)NC1CC2CCC(C1)N2Cc1ccccc1.I. The van der Waals surface area contributed by atoms with Gasteiger partial charge in [-0.15, -0.1) is 24.0 Å². The van der Waals surface area contributed by atoms with E-state index in [0.717, 1.165) is 32.1 Å². The van der Waals surface area contributed by atoms with Gasteiger partial charge in [-0.3, -0.25) is 14.6 Å². The zero-order valence-corrected chi connectivity index (χ0v) is 20.5. The Morgan fingerprint density at radius 3 is 2.53 bits per heavy atom. The number of fused-ring (bicyclic) bond motifs is 2. The molecule has 30 heavy (non-hydrogen) atoms. The van der Waals surface area contributed by atoms with Crippen LogP contribution in [0, 0.1) is 6.92 Å². The predicted octanol–water partition coefficient (Wildman–Crippen LogP) is 3.56. The summed E-state index contributed by atoms with van der Waals surface area (Å²) in [5.41, 5.74) is 2.62. The number of hydrogen-bond acceptors (Lipinski definition) is 3. The number of benzene rings is 1. The van der Waals surface area contributed by atoms with Gasteiger partial charge in [-0.25, -0.2) is 0 Å². The molecular formula is C23H35IN6. The molecule has 1 aromatic heterocycles. The quantitative estimate of drug-likeness (QED) is 0.332. The highest BCUT2D eigenvalue weighted by Gasteiger charge is 2.40. The maximum atomic E-state index is 4.79. The standard InChI is InChI=1S/C23H34N6.HI/c1-3-24-23(25-11-12-28-16-18(2)15-26-28)27-20-13-21-9-10-22(14-20)29(21)17-19-7-5-4-6-8-19;/h4-8,15-16,20-22H,3,9-14,17H2,1-2H3,(H2,24,25,27);1H. The topological polar surface area (TPSA) is 57.5 Å². The third kappa shape index (κ3) is 5.97. The molecule has 2 atom stereocenters. The fourth-order valence-electron chi connectivity index (χ4n) is 4.81. The van der Waals surface area contributed by atoms with Crippen LogP contribution in [0.3, 0.4) is 0 Å². The van der Waals surface area contributed by atoms with E-state index >= 15 is 0 Å². The molecule has 2 aliphatic heterocycles. The molecule has 3 heterocycles. The maximum Gasteiger partial charge on any atom is 0.191 e. The highest BCUT2D eigenvalue weighted by atomic mass is 127. The molecule has 2 unspecified atom stereocenters. The molecule has 0 spiro atoms. The highest BCUT2D eigenvalue weighted by Crippen LogP contribution is 2.36. The van der Waals surface area contributed by atoms with Crippen molar-refractivity contribution < 1.29 is 0 Å². The van der Waals surface area contributed by atoms with Crippen LogP contribution in [0.4, 0.5) is 0 Å². The minimum atomic E-state index is 0. The number of halogens is 1. The second kappa shape index (κ2) is 11.1. The van der Waals surface area contributed by atoms with Gasteiger partial charge in [-0.2, -0.15) is 5.10 Å². The van der Waals surface area contributed by atoms with E-state index in [-0.39, 0.29) is 24.0 Å². The lowest BCUT2D eigenvalue weighted by Crippen LogP contribution is -2.52. The lowest BCUT2D eigenvalue weighted by molar-refractivity contribution is 0.114. The van der Waals surface area contributed by atoms with Gasteiger partial charge in [-0.1, -0.05) is 30.3 Å². The van der Waals surface area contributed by atoms with E-state index in [1.807, 2.05) is 10.9 Å². The predicted molar refractivity (Wildman–Crippen MR) is 133 cm³/mol. The fourth-order valence-corrected chi connectivity index (χ4v) is 4.81. The van der Waals surface area contributed by atoms with Gasteiger partial charge in [-0.05, 0) is 50.7 Å². The summed E-state index contributed by atoms with van der Waals surface area (Å²) in [5, 5.41) is 11.5. The van der Waals surface area contributed by atoms with Crippen molar-refractivity contribution in [2.24, 2.45) is 4.99 Å².